The van der Waals surface area contributed by atoms with E-state index < -0.39 is 0 Å². The maximum Gasteiger partial charge on any atom is 0.120 e. The maximum atomic E-state index is 5.50. The Hall–Kier alpha value is -1.54. The van der Waals surface area contributed by atoms with Crippen LogP contribution in [-0.4, -0.2) is 0 Å². The first-order valence-corrected chi connectivity index (χ1v) is 7.65. The highest BCUT2D eigenvalue weighted by atomic mass is 16.3. The fourth-order valence-electron chi connectivity index (χ4n) is 2.55. The maximum absolute atomic E-state index is 5.50. The molecule has 0 radical (unpaired) electrons. The summed E-state index contributed by atoms with van der Waals surface area (Å²) in [5, 5.41) is 3.70. The summed E-state index contributed by atoms with van der Waals surface area (Å²) in [7, 11) is 0. The molecule has 0 saturated heterocycles. The van der Waals surface area contributed by atoms with E-state index in [2.05, 4.69) is 49.5 Å². The van der Waals surface area contributed by atoms with Gasteiger partial charge in [-0.2, -0.15) is 0 Å². The summed E-state index contributed by atoms with van der Waals surface area (Å²) < 4.78 is 5.50. The Morgan fingerprint density at radius 3 is 2.50 bits per heavy atom. The molecule has 2 atom stereocenters. The van der Waals surface area contributed by atoms with E-state index in [9.17, 15) is 0 Å². The van der Waals surface area contributed by atoms with Crippen LogP contribution in [0.3, 0.4) is 0 Å². The summed E-state index contributed by atoms with van der Waals surface area (Å²) in [6, 6.07) is 15.3. The van der Waals surface area contributed by atoms with Gasteiger partial charge in [-0.3, -0.25) is 0 Å². The van der Waals surface area contributed by atoms with Crippen LogP contribution in [0.1, 0.15) is 62.9 Å². The molecule has 108 valence electrons. The fourth-order valence-corrected chi connectivity index (χ4v) is 2.55. The lowest BCUT2D eigenvalue weighted by atomic mass is 9.99. The quantitative estimate of drug-likeness (QED) is 0.663. The van der Waals surface area contributed by atoms with Gasteiger partial charge in [0.1, 0.15) is 5.76 Å². The lowest BCUT2D eigenvalue weighted by molar-refractivity contribution is 0.374. The van der Waals surface area contributed by atoms with Gasteiger partial charge in [-0.15, -0.1) is 0 Å². The number of hydrogen-bond acceptors (Lipinski definition) is 2. The zero-order chi connectivity index (χ0) is 14.2. The molecule has 1 aromatic carbocycles. The third-order valence-electron chi connectivity index (χ3n) is 3.72. The molecule has 1 heterocycles. The van der Waals surface area contributed by atoms with E-state index in [1.165, 1.54) is 31.2 Å². The van der Waals surface area contributed by atoms with Crippen molar-refractivity contribution in [1.82, 2.24) is 5.32 Å². The molecule has 2 aromatic rings. The van der Waals surface area contributed by atoms with Crippen molar-refractivity contribution in [2.75, 3.05) is 0 Å². The monoisotopic (exact) mass is 271 g/mol. The number of hydrogen-bond donors (Lipinski definition) is 1. The minimum absolute atomic E-state index is 0.233. The van der Waals surface area contributed by atoms with Crippen LogP contribution in [0.15, 0.2) is 53.1 Å². The molecule has 0 bridgehead atoms. The van der Waals surface area contributed by atoms with Gasteiger partial charge in [-0.05, 0) is 31.0 Å². The predicted molar refractivity (Wildman–Crippen MR) is 83.6 cm³/mol. The molecule has 1 aromatic heterocycles. The molecular weight excluding hydrogens is 246 g/mol. The van der Waals surface area contributed by atoms with Crippen molar-refractivity contribution in [3.05, 3.63) is 60.1 Å². The van der Waals surface area contributed by atoms with Gasteiger partial charge in [0, 0.05) is 6.04 Å². The Bertz CT molecular complexity index is 463. The number of rotatable bonds is 8. The van der Waals surface area contributed by atoms with Crippen molar-refractivity contribution in [1.29, 1.82) is 0 Å². The summed E-state index contributed by atoms with van der Waals surface area (Å²) in [5.74, 6) is 1.00. The molecule has 0 fully saturated rings. The smallest absolute Gasteiger partial charge is 0.120 e. The van der Waals surface area contributed by atoms with E-state index in [0.29, 0.717) is 6.04 Å². The topological polar surface area (TPSA) is 25.2 Å². The molecule has 0 spiro atoms. The Morgan fingerprint density at radius 1 is 1.05 bits per heavy atom. The zero-order valence-corrected chi connectivity index (χ0v) is 12.5. The van der Waals surface area contributed by atoms with Gasteiger partial charge >= 0.3 is 0 Å². The van der Waals surface area contributed by atoms with Gasteiger partial charge in [-0.25, -0.2) is 0 Å². The van der Waals surface area contributed by atoms with E-state index in [0.717, 1.165) is 5.76 Å². The van der Waals surface area contributed by atoms with Crippen LogP contribution in [0.25, 0.3) is 0 Å². The zero-order valence-electron chi connectivity index (χ0n) is 12.5. The summed E-state index contributed by atoms with van der Waals surface area (Å²) in [5.41, 5.74) is 1.36. The van der Waals surface area contributed by atoms with Crippen molar-refractivity contribution in [3.63, 3.8) is 0 Å². The third-order valence-corrected chi connectivity index (χ3v) is 3.72. The van der Waals surface area contributed by atoms with Crippen LogP contribution in [0.2, 0.25) is 0 Å². The molecule has 20 heavy (non-hydrogen) atoms. The van der Waals surface area contributed by atoms with E-state index in [1.807, 2.05) is 12.1 Å². The summed E-state index contributed by atoms with van der Waals surface area (Å²) >= 11 is 0. The van der Waals surface area contributed by atoms with Crippen molar-refractivity contribution < 1.29 is 4.42 Å². The Kier molecular flexibility index (Phi) is 5.87. The number of benzene rings is 1. The second-order valence-corrected chi connectivity index (χ2v) is 5.36. The molecule has 0 aliphatic carbocycles. The predicted octanol–water partition coefficient (Wildman–Crippen LogP) is 5.25. The van der Waals surface area contributed by atoms with Gasteiger partial charge in [-0.1, -0.05) is 56.5 Å². The SMILES string of the molecule is CCCCCC(N[C@@H](C)c1ccco1)c1ccccc1. The first-order chi connectivity index (χ1) is 9.81. The minimum atomic E-state index is 0.233. The lowest BCUT2D eigenvalue weighted by Gasteiger charge is -2.23. The van der Waals surface area contributed by atoms with Crippen LogP contribution in [0, 0.1) is 0 Å². The van der Waals surface area contributed by atoms with Gasteiger partial charge in [0.2, 0.25) is 0 Å². The molecule has 1 unspecified atom stereocenters. The van der Waals surface area contributed by atoms with E-state index in [1.54, 1.807) is 6.26 Å². The van der Waals surface area contributed by atoms with E-state index in [4.69, 9.17) is 4.42 Å². The highest BCUT2D eigenvalue weighted by Crippen LogP contribution is 2.24. The highest BCUT2D eigenvalue weighted by Gasteiger charge is 2.16. The van der Waals surface area contributed by atoms with Crippen LogP contribution in [0.5, 0.6) is 0 Å². The second-order valence-electron chi connectivity index (χ2n) is 5.36. The van der Waals surface area contributed by atoms with Crippen LogP contribution in [0.4, 0.5) is 0 Å². The highest BCUT2D eigenvalue weighted by molar-refractivity contribution is 5.19. The normalized spacial score (nSPS) is 14.1. The first kappa shape index (κ1) is 14.9. The van der Waals surface area contributed by atoms with Gasteiger partial charge < -0.3 is 9.73 Å². The fraction of sp³-hybridized carbons (Fsp3) is 0.444. The summed E-state index contributed by atoms with van der Waals surface area (Å²) in [4.78, 5) is 0. The van der Waals surface area contributed by atoms with Crippen LogP contribution in [-0.2, 0) is 0 Å². The molecule has 2 heteroatoms. The van der Waals surface area contributed by atoms with Crippen molar-refractivity contribution in [2.24, 2.45) is 0 Å². The Balaban J connectivity index is 2.02. The molecular formula is C18H25NO. The average molecular weight is 271 g/mol. The minimum Gasteiger partial charge on any atom is -0.468 e. The number of nitrogens with one attached hydrogen (secondary N) is 1. The Labute approximate surface area is 122 Å². The summed E-state index contributed by atoms with van der Waals surface area (Å²) in [6.07, 6.45) is 6.72. The second kappa shape index (κ2) is 7.91. The van der Waals surface area contributed by atoms with Crippen molar-refractivity contribution in [2.45, 2.75) is 51.6 Å². The lowest BCUT2D eigenvalue weighted by Crippen LogP contribution is -2.24. The molecule has 0 aliphatic rings. The van der Waals surface area contributed by atoms with Crippen molar-refractivity contribution in [3.8, 4) is 0 Å². The van der Waals surface area contributed by atoms with Gasteiger partial charge in [0.05, 0.1) is 12.3 Å². The van der Waals surface area contributed by atoms with Gasteiger partial charge in [0.15, 0.2) is 0 Å². The molecule has 2 rings (SSSR count). The molecule has 0 amide bonds. The van der Waals surface area contributed by atoms with E-state index in [-0.39, 0.29) is 6.04 Å². The molecule has 2 nitrogen and oxygen atoms in total. The van der Waals surface area contributed by atoms with Crippen molar-refractivity contribution >= 4 is 0 Å². The van der Waals surface area contributed by atoms with E-state index >= 15 is 0 Å². The molecule has 1 N–H and O–H groups in total. The van der Waals surface area contributed by atoms with Crippen LogP contribution < -0.4 is 5.32 Å². The molecule has 0 aliphatic heterocycles. The molecule has 0 saturated carbocycles. The average Bonchev–Trinajstić information content (AvgIpc) is 3.01. The summed E-state index contributed by atoms with van der Waals surface area (Å²) in [6.45, 7) is 4.41. The van der Waals surface area contributed by atoms with Gasteiger partial charge in [0.25, 0.3) is 0 Å². The third kappa shape index (κ3) is 4.24. The first-order valence-electron chi connectivity index (χ1n) is 7.65. The standard InChI is InChI=1S/C18H25NO/c1-3-4-6-12-17(16-10-7-5-8-11-16)19-15(2)18-13-9-14-20-18/h5,7-11,13-15,17,19H,3-4,6,12H2,1-2H3/t15-,17?/m0/s1. The Morgan fingerprint density at radius 2 is 1.85 bits per heavy atom. The van der Waals surface area contributed by atoms with Crippen LogP contribution >= 0.6 is 0 Å². The number of unbranched alkanes of at least 4 members (excludes halogenated alkanes) is 2. The largest absolute Gasteiger partial charge is 0.468 e. The number of furan rings is 1.